The summed E-state index contributed by atoms with van der Waals surface area (Å²) in [5.74, 6) is -1.07. The van der Waals surface area contributed by atoms with Gasteiger partial charge in [-0.3, -0.25) is 5.32 Å². The molecule has 1 aliphatic carbocycles. The van der Waals surface area contributed by atoms with Crippen LogP contribution >= 0.6 is 11.3 Å². The number of carboxylic acid groups (broad SMARTS) is 1. The molecule has 1 saturated carbocycles. The molecule has 1 amide bonds. The van der Waals surface area contributed by atoms with Gasteiger partial charge in [-0.1, -0.05) is 6.92 Å². The zero-order valence-corrected chi connectivity index (χ0v) is 12.8. The molecule has 1 fully saturated rings. The van der Waals surface area contributed by atoms with Crippen molar-refractivity contribution in [1.82, 2.24) is 4.98 Å². The Bertz CT molecular complexity index is 555. The molecule has 1 aromatic heterocycles. The fraction of sp³-hybridized carbons (Fsp3) is 0.615. The smallest absolute Gasteiger partial charge is 0.413 e. The standard InChI is InChI=1S/C13H18N2O4S/c1-12(2,3)19-11(18)15-10-14-7(9(16)17)8(20-10)13(4)5-6-13/h5-6H2,1-4H3,(H,16,17)(H,14,15,18). The maximum absolute atomic E-state index is 11.7. The third-order valence-corrected chi connectivity index (χ3v) is 4.26. The first-order valence-corrected chi connectivity index (χ1v) is 7.17. The van der Waals surface area contributed by atoms with Gasteiger partial charge in [0.1, 0.15) is 5.60 Å². The first-order chi connectivity index (χ1) is 9.11. The van der Waals surface area contributed by atoms with Gasteiger partial charge in [0.15, 0.2) is 10.8 Å². The molecule has 110 valence electrons. The normalized spacial score (nSPS) is 16.6. The van der Waals surface area contributed by atoms with E-state index in [9.17, 15) is 14.7 Å². The van der Waals surface area contributed by atoms with Crippen molar-refractivity contribution >= 4 is 28.5 Å². The van der Waals surface area contributed by atoms with Gasteiger partial charge in [-0.15, -0.1) is 11.3 Å². The van der Waals surface area contributed by atoms with E-state index in [0.29, 0.717) is 0 Å². The fourth-order valence-corrected chi connectivity index (χ4v) is 2.88. The van der Waals surface area contributed by atoms with E-state index in [-0.39, 0.29) is 16.2 Å². The number of hydrogen-bond acceptors (Lipinski definition) is 5. The van der Waals surface area contributed by atoms with Crippen LogP contribution in [0.25, 0.3) is 0 Å². The Balaban J connectivity index is 2.18. The first-order valence-electron chi connectivity index (χ1n) is 6.35. The van der Waals surface area contributed by atoms with Crippen molar-refractivity contribution in [2.45, 2.75) is 51.6 Å². The van der Waals surface area contributed by atoms with Crippen LogP contribution in [0.3, 0.4) is 0 Å². The Morgan fingerprint density at radius 3 is 2.45 bits per heavy atom. The van der Waals surface area contributed by atoms with Crippen LogP contribution in [-0.4, -0.2) is 27.8 Å². The van der Waals surface area contributed by atoms with Crippen molar-refractivity contribution in [3.8, 4) is 0 Å². The summed E-state index contributed by atoms with van der Waals surface area (Å²) in [6, 6.07) is 0. The second kappa shape index (κ2) is 4.73. The lowest BCUT2D eigenvalue weighted by Gasteiger charge is -2.18. The summed E-state index contributed by atoms with van der Waals surface area (Å²) in [6.07, 6.45) is 1.26. The summed E-state index contributed by atoms with van der Waals surface area (Å²) in [4.78, 5) is 27.6. The fourth-order valence-electron chi connectivity index (χ4n) is 1.73. The molecule has 0 aromatic carbocycles. The summed E-state index contributed by atoms with van der Waals surface area (Å²) in [6.45, 7) is 7.28. The lowest BCUT2D eigenvalue weighted by molar-refractivity contribution is 0.0632. The van der Waals surface area contributed by atoms with Gasteiger partial charge < -0.3 is 9.84 Å². The van der Waals surface area contributed by atoms with Gasteiger partial charge in [-0.25, -0.2) is 14.6 Å². The highest BCUT2D eigenvalue weighted by Crippen LogP contribution is 2.51. The molecule has 0 unspecified atom stereocenters. The largest absolute Gasteiger partial charge is 0.476 e. The third-order valence-electron chi connectivity index (χ3n) is 2.99. The van der Waals surface area contributed by atoms with Crippen LogP contribution < -0.4 is 5.32 Å². The molecule has 6 nitrogen and oxygen atoms in total. The molecule has 0 radical (unpaired) electrons. The molecule has 2 N–H and O–H groups in total. The highest BCUT2D eigenvalue weighted by molar-refractivity contribution is 7.16. The van der Waals surface area contributed by atoms with Gasteiger partial charge in [0.25, 0.3) is 0 Å². The third kappa shape index (κ3) is 3.27. The number of hydrogen-bond donors (Lipinski definition) is 2. The number of rotatable bonds is 3. The number of carbonyl (C=O) groups excluding carboxylic acids is 1. The maximum Gasteiger partial charge on any atom is 0.413 e. The number of carbonyl (C=O) groups is 2. The van der Waals surface area contributed by atoms with Crippen molar-refractivity contribution in [3.05, 3.63) is 10.6 Å². The van der Waals surface area contributed by atoms with Crippen LogP contribution in [0.2, 0.25) is 0 Å². The van der Waals surface area contributed by atoms with Crippen LogP contribution in [0.5, 0.6) is 0 Å². The van der Waals surface area contributed by atoms with Crippen LogP contribution in [0, 0.1) is 0 Å². The van der Waals surface area contributed by atoms with Crippen LogP contribution in [0.4, 0.5) is 9.93 Å². The minimum atomic E-state index is -1.07. The van der Waals surface area contributed by atoms with Crippen molar-refractivity contribution in [1.29, 1.82) is 0 Å². The molecular formula is C13H18N2O4S. The molecular weight excluding hydrogens is 280 g/mol. The minimum Gasteiger partial charge on any atom is -0.476 e. The second-order valence-corrected chi connectivity index (χ2v) is 7.19. The zero-order chi connectivity index (χ0) is 15.1. The Hall–Kier alpha value is -1.63. The molecule has 7 heteroatoms. The number of aromatic nitrogens is 1. The Labute approximate surface area is 121 Å². The molecule has 20 heavy (non-hydrogen) atoms. The Morgan fingerprint density at radius 1 is 1.40 bits per heavy atom. The Kier molecular flexibility index (Phi) is 3.49. The van der Waals surface area contributed by atoms with E-state index >= 15 is 0 Å². The van der Waals surface area contributed by atoms with E-state index in [1.807, 2.05) is 6.92 Å². The van der Waals surface area contributed by atoms with E-state index in [4.69, 9.17) is 4.74 Å². The molecule has 1 aliphatic rings. The molecule has 0 spiro atoms. The zero-order valence-electron chi connectivity index (χ0n) is 11.9. The van der Waals surface area contributed by atoms with Gasteiger partial charge in [-0.05, 0) is 33.6 Å². The monoisotopic (exact) mass is 298 g/mol. The quantitative estimate of drug-likeness (QED) is 0.894. The maximum atomic E-state index is 11.7. The van der Waals surface area contributed by atoms with E-state index in [0.717, 1.165) is 17.7 Å². The first kappa shape index (κ1) is 14.8. The summed E-state index contributed by atoms with van der Waals surface area (Å²) in [5, 5.41) is 12.0. The molecule has 2 rings (SSSR count). The average molecular weight is 298 g/mol. The van der Waals surface area contributed by atoms with E-state index < -0.39 is 17.7 Å². The van der Waals surface area contributed by atoms with E-state index in [1.54, 1.807) is 20.8 Å². The number of amides is 1. The molecule has 0 bridgehead atoms. The topological polar surface area (TPSA) is 88.5 Å². The summed E-state index contributed by atoms with van der Waals surface area (Å²) < 4.78 is 5.12. The number of nitrogens with one attached hydrogen (secondary N) is 1. The number of aromatic carboxylic acids is 1. The predicted octanol–water partition coefficient (Wildman–Crippen LogP) is 3.24. The van der Waals surface area contributed by atoms with Crippen LogP contribution in [0.15, 0.2) is 0 Å². The lowest BCUT2D eigenvalue weighted by atomic mass is 10.1. The number of ether oxygens (including phenoxy) is 1. The molecule has 1 heterocycles. The van der Waals surface area contributed by atoms with Crippen molar-refractivity contribution in [3.63, 3.8) is 0 Å². The number of carboxylic acids is 1. The summed E-state index contributed by atoms with van der Waals surface area (Å²) >= 11 is 1.21. The second-order valence-electron chi connectivity index (χ2n) is 6.19. The van der Waals surface area contributed by atoms with Crippen molar-refractivity contribution in [2.24, 2.45) is 0 Å². The molecule has 0 saturated heterocycles. The predicted molar refractivity (Wildman–Crippen MR) is 75.5 cm³/mol. The highest BCUT2D eigenvalue weighted by atomic mass is 32.1. The van der Waals surface area contributed by atoms with Gasteiger partial charge in [0.05, 0.1) is 0 Å². The SMILES string of the molecule is CC(C)(C)OC(=O)Nc1nc(C(=O)O)c(C2(C)CC2)s1. The van der Waals surface area contributed by atoms with E-state index in [1.165, 1.54) is 11.3 Å². The number of thiazole rings is 1. The van der Waals surface area contributed by atoms with Gasteiger partial charge in [0, 0.05) is 10.3 Å². The number of nitrogens with zero attached hydrogens (tertiary/aromatic N) is 1. The van der Waals surface area contributed by atoms with Crippen LogP contribution in [-0.2, 0) is 10.2 Å². The molecule has 1 aromatic rings. The van der Waals surface area contributed by atoms with Crippen molar-refractivity contribution in [2.75, 3.05) is 5.32 Å². The van der Waals surface area contributed by atoms with Gasteiger partial charge in [-0.2, -0.15) is 0 Å². The minimum absolute atomic E-state index is 0.0288. The molecule has 0 aliphatic heterocycles. The molecule has 0 atom stereocenters. The average Bonchev–Trinajstić information content (AvgIpc) is 2.86. The van der Waals surface area contributed by atoms with Crippen LogP contribution in [0.1, 0.15) is 55.9 Å². The lowest BCUT2D eigenvalue weighted by Crippen LogP contribution is -2.27. The number of anilines is 1. The highest BCUT2D eigenvalue weighted by Gasteiger charge is 2.44. The van der Waals surface area contributed by atoms with E-state index in [2.05, 4.69) is 10.3 Å². The van der Waals surface area contributed by atoms with Gasteiger partial charge in [0.2, 0.25) is 0 Å². The van der Waals surface area contributed by atoms with Crippen molar-refractivity contribution < 1.29 is 19.4 Å². The summed E-state index contributed by atoms with van der Waals surface area (Å²) in [7, 11) is 0. The summed E-state index contributed by atoms with van der Waals surface area (Å²) in [5.41, 5.74) is -0.692. The van der Waals surface area contributed by atoms with Gasteiger partial charge >= 0.3 is 12.1 Å². The Morgan fingerprint density at radius 2 is 2.00 bits per heavy atom.